The average Bonchev–Trinajstić information content (AvgIpc) is 2.99. The molecule has 5 nitrogen and oxygen atoms in total. The van der Waals surface area contributed by atoms with Crippen LogP contribution in [-0.2, 0) is 0 Å². The number of hydrogen-bond acceptors (Lipinski definition) is 3. The van der Waals surface area contributed by atoms with Crippen LogP contribution < -0.4 is 0 Å². The monoisotopic (exact) mass is 323 g/mol. The highest BCUT2D eigenvalue weighted by atomic mass is 35.5. The molecule has 0 fully saturated rings. The molecule has 0 unspecified atom stereocenters. The number of benzene rings is 1. The summed E-state index contributed by atoms with van der Waals surface area (Å²) in [6.45, 7) is 0. The normalized spacial score (nSPS) is 10.3. The molecule has 0 bridgehead atoms. The van der Waals surface area contributed by atoms with Crippen LogP contribution in [0.15, 0.2) is 55.0 Å². The molecular formula is C17H10ClN3O2. The van der Waals surface area contributed by atoms with Gasteiger partial charge in [-0.05, 0) is 18.2 Å². The maximum atomic E-state index is 11.1. The summed E-state index contributed by atoms with van der Waals surface area (Å²) in [4.78, 5) is 15.2. The number of carbonyl (C=O) groups is 1. The van der Waals surface area contributed by atoms with Gasteiger partial charge in [0.15, 0.2) is 0 Å². The average molecular weight is 324 g/mol. The van der Waals surface area contributed by atoms with Crippen molar-refractivity contribution in [1.29, 1.82) is 5.26 Å². The highest BCUT2D eigenvalue weighted by Crippen LogP contribution is 2.31. The molecule has 1 N–H and O–H groups in total. The van der Waals surface area contributed by atoms with Crippen LogP contribution in [0, 0.1) is 11.3 Å². The maximum Gasteiger partial charge on any atom is 0.335 e. The third kappa shape index (κ3) is 2.80. The minimum atomic E-state index is -1.03. The van der Waals surface area contributed by atoms with E-state index >= 15 is 0 Å². The number of hydrogen-bond donors (Lipinski definition) is 1. The Bertz CT molecular complexity index is 941. The molecule has 3 aromatic rings. The zero-order chi connectivity index (χ0) is 16.4. The lowest BCUT2D eigenvalue weighted by Gasteiger charge is -2.03. The molecule has 23 heavy (non-hydrogen) atoms. The largest absolute Gasteiger partial charge is 0.478 e. The molecule has 3 rings (SSSR count). The van der Waals surface area contributed by atoms with Gasteiger partial charge in [-0.25, -0.2) is 9.78 Å². The lowest BCUT2D eigenvalue weighted by molar-refractivity contribution is 0.0696. The summed E-state index contributed by atoms with van der Waals surface area (Å²) in [5.41, 5.74) is 1.96. The number of nitriles is 1. The van der Waals surface area contributed by atoms with Crippen molar-refractivity contribution in [2.45, 2.75) is 0 Å². The van der Waals surface area contributed by atoms with Crippen molar-refractivity contribution in [2.24, 2.45) is 0 Å². The molecule has 0 aliphatic carbocycles. The van der Waals surface area contributed by atoms with Crippen LogP contribution in [0.3, 0.4) is 0 Å². The molecule has 0 saturated carbocycles. The molecule has 0 aliphatic rings. The minimum Gasteiger partial charge on any atom is -0.478 e. The second-order valence-corrected chi connectivity index (χ2v) is 5.20. The molecule has 0 radical (unpaired) electrons. The maximum absolute atomic E-state index is 11.1. The minimum absolute atomic E-state index is 0.126. The Morgan fingerprint density at radius 2 is 2.00 bits per heavy atom. The zero-order valence-corrected chi connectivity index (χ0v) is 12.5. The number of carboxylic acid groups (broad SMARTS) is 1. The number of carboxylic acids is 1. The van der Waals surface area contributed by atoms with Crippen LogP contribution in [0.5, 0.6) is 0 Å². The SMILES string of the molecule is N#Cc1cn(-c2cc(C(=O)O)ccn2)cc1-c1ccccc1Cl. The topological polar surface area (TPSA) is 78.9 Å². The fourth-order valence-electron chi connectivity index (χ4n) is 2.26. The molecule has 0 spiro atoms. The summed E-state index contributed by atoms with van der Waals surface area (Å²) in [5, 5.41) is 19.0. The Balaban J connectivity index is 2.14. The summed E-state index contributed by atoms with van der Waals surface area (Å²) in [7, 11) is 0. The van der Waals surface area contributed by atoms with Crippen LogP contribution in [-0.4, -0.2) is 20.6 Å². The van der Waals surface area contributed by atoms with Crippen LogP contribution >= 0.6 is 11.6 Å². The van der Waals surface area contributed by atoms with Crippen molar-refractivity contribution in [3.63, 3.8) is 0 Å². The summed E-state index contributed by atoms with van der Waals surface area (Å²) in [5.74, 6) is -0.618. The van der Waals surface area contributed by atoms with E-state index in [-0.39, 0.29) is 5.56 Å². The first-order chi connectivity index (χ1) is 11.1. The van der Waals surface area contributed by atoms with E-state index < -0.39 is 5.97 Å². The van der Waals surface area contributed by atoms with Crippen LogP contribution in [0.4, 0.5) is 0 Å². The van der Waals surface area contributed by atoms with Gasteiger partial charge < -0.3 is 9.67 Å². The lowest BCUT2D eigenvalue weighted by Crippen LogP contribution is -2.00. The molecule has 2 heterocycles. The van der Waals surface area contributed by atoms with Crippen molar-refractivity contribution >= 4 is 17.6 Å². The van der Waals surface area contributed by atoms with Crippen LogP contribution in [0.2, 0.25) is 5.02 Å². The highest BCUT2D eigenvalue weighted by Gasteiger charge is 2.13. The van der Waals surface area contributed by atoms with Gasteiger partial charge in [-0.2, -0.15) is 5.26 Å². The summed E-state index contributed by atoms with van der Waals surface area (Å²) < 4.78 is 1.61. The van der Waals surface area contributed by atoms with Crippen molar-refractivity contribution in [3.8, 4) is 23.0 Å². The van der Waals surface area contributed by atoms with Gasteiger partial charge >= 0.3 is 5.97 Å². The van der Waals surface area contributed by atoms with Gasteiger partial charge in [0.1, 0.15) is 11.9 Å². The van der Waals surface area contributed by atoms with Crippen LogP contribution in [0.25, 0.3) is 16.9 Å². The molecule has 2 aromatic heterocycles. The molecule has 0 amide bonds. The number of nitrogens with zero attached hydrogens (tertiary/aromatic N) is 3. The Morgan fingerprint density at radius 1 is 1.22 bits per heavy atom. The van der Waals surface area contributed by atoms with E-state index in [1.165, 1.54) is 18.3 Å². The zero-order valence-electron chi connectivity index (χ0n) is 11.8. The fraction of sp³-hybridized carbons (Fsp3) is 0. The Morgan fingerprint density at radius 3 is 2.70 bits per heavy atom. The molecule has 0 saturated heterocycles. The summed E-state index contributed by atoms with van der Waals surface area (Å²) >= 11 is 6.20. The third-order valence-electron chi connectivity index (χ3n) is 3.37. The number of aromatic nitrogens is 2. The number of pyridine rings is 1. The number of rotatable bonds is 3. The van der Waals surface area contributed by atoms with Crippen molar-refractivity contribution in [3.05, 3.63) is 71.1 Å². The van der Waals surface area contributed by atoms with Crippen molar-refractivity contribution < 1.29 is 9.90 Å². The molecule has 112 valence electrons. The van der Waals surface area contributed by atoms with E-state index in [1.54, 1.807) is 23.0 Å². The summed E-state index contributed by atoms with van der Waals surface area (Å²) in [6, 6.07) is 12.2. The van der Waals surface area contributed by atoms with Gasteiger partial charge in [0.05, 0.1) is 11.1 Å². The van der Waals surface area contributed by atoms with E-state index in [1.807, 2.05) is 18.2 Å². The highest BCUT2D eigenvalue weighted by molar-refractivity contribution is 6.33. The standard InChI is InChI=1S/C17H10ClN3O2/c18-15-4-2-1-3-13(15)14-10-21(9-12(14)8-19)16-7-11(17(22)23)5-6-20-16/h1-7,9-10H,(H,22,23). The quantitative estimate of drug-likeness (QED) is 0.795. The third-order valence-corrected chi connectivity index (χ3v) is 3.70. The second kappa shape index (κ2) is 5.95. The molecule has 1 aromatic carbocycles. The van der Waals surface area contributed by atoms with Crippen LogP contribution in [0.1, 0.15) is 15.9 Å². The number of halogens is 1. The molecular weight excluding hydrogens is 314 g/mol. The van der Waals surface area contributed by atoms with E-state index in [0.29, 0.717) is 22.0 Å². The second-order valence-electron chi connectivity index (χ2n) is 4.79. The van der Waals surface area contributed by atoms with Gasteiger partial charge in [-0.1, -0.05) is 29.8 Å². The van der Waals surface area contributed by atoms with Gasteiger partial charge in [0, 0.05) is 34.7 Å². The lowest BCUT2D eigenvalue weighted by atomic mass is 10.1. The number of aromatic carboxylic acids is 1. The first-order valence-corrected chi connectivity index (χ1v) is 7.04. The van der Waals surface area contributed by atoms with E-state index in [2.05, 4.69) is 11.1 Å². The Kier molecular flexibility index (Phi) is 3.83. The van der Waals surface area contributed by atoms with Crippen molar-refractivity contribution in [1.82, 2.24) is 9.55 Å². The Hall–Kier alpha value is -3.10. The predicted octanol–water partition coefficient (Wildman–Crippen LogP) is 3.76. The van der Waals surface area contributed by atoms with Gasteiger partial charge in [0.25, 0.3) is 0 Å². The predicted molar refractivity (Wildman–Crippen MR) is 85.7 cm³/mol. The fourth-order valence-corrected chi connectivity index (χ4v) is 2.50. The summed E-state index contributed by atoms with van der Waals surface area (Å²) in [6.07, 6.45) is 4.74. The van der Waals surface area contributed by atoms with E-state index in [4.69, 9.17) is 16.7 Å². The first-order valence-electron chi connectivity index (χ1n) is 6.67. The smallest absolute Gasteiger partial charge is 0.335 e. The molecule has 0 aliphatic heterocycles. The van der Waals surface area contributed by atoms with E-state index in [0.717, 1.165) is 5.56 Å². The van der Waals surface area contributed by atoms with E-state index in [9.17, 15) is 10.1 Å². The molecule has 6 heteroatoms. The van der Waals surface area contributed by atoms with Gasteiger partial charge in [-0.3, -0.25) is 0 Å². The first kappa shape index (κ1) is 14.8. The molecule has 0 atom stereocenters. The Labute approximate surface area is 137 Å². The van der Waals surface area contributed by atoms with Gasteiger partial charge in [-0.15, -0.1) is 0 Å². The van der Waals surface area contributed by atoms with Crippen molar-refractivity contribution in [2.75, 3.05) is 0 Å². The van der Waals surface area contributed by atoms with Gasteiger partial charge in [0.2, 0.25) is 0 Å².